The summed E-state index contributed by atoms with van der Waals surface area (Å²) in [6, 6.07) is 5.06. The van der Waals surface area contributed by atoms with Gasteiger partial charge >= 0.3 is 0 Å². The molecule has 0 unspecified atom stereocenters. The van der Waals surface area contributed by atoms with Crippen molar-refractivity contribution in [1.29, 1.82) is 0 Å². The number of rotatable bonds is 6. The lowest BCUT2D eigenvalue weighted by Gasteiger charge is -2.27. The molecule has 0 aliphatic heterocycles. The molecule has 110 valence electrons. The Bertz CT molecular complexity index is 503. The lowest BCUT2D eigenvalue weighted by Crippen LogP contribution is -2.42. The highest BCUT2D eigenvalue weighted by Crippen LogP contribution is 2.25. The normalized spacial score (nSPS) is 10.2. The van der Waals surface area contributed by atoms with Gasteiger partial charge in [0.25, 0.3) is 5.91 Å². The third-order valence-corrected chi connectivity index (χ3v) is 2.98. The van der Waals surface area contributed by atoms with Crippen LogP contribution in [0.15, 0.2) is 18.2 Å². The van der Waals surface area contributed by atoms with Gasteiger partial charge in [0.05, 0.1) is 31.3 Å². The fourth-order valence-electron chi connectivity index (χ4n) is 1.79. The van der Waals surface area contributed by atoms with Crippen molar-refractivity contribution in [2.45, 2.75) is 19.9 Å². The highest BCUT2D eigenvalue weighted by molar-refractivity contribution is 7.80. The minimum Gasteiger partial charge on any atom is -0.497 e. The zero-order valence-electron chi connectivity index (χ0n) is 12.2. The molecule has 0 atom stereocenters. The first-order chi connectivity index (χ1) is 9.40. The Morgan fingerprint density at radius 2 is 2.00 bits per heavy atom. The molecular weight excluding hydrogens is 276 g/mol. The second-order valence-corrected chi connectivity index (χ2v) is 5.08. The molecule has 0 bridgehead atoms. The van der Waals surface area contributed by atoms with Crippen LogP contribution in [0.2, 0.25) is 0 Å². The van der Waals surface area contributed by atoms with Crippen LogP contribution in [0, 0.1) is 0 Å². The van der Waals surface area contributed by atoms with Crippen molar-refractivity contribution < 1.29 is 14.3 Å². The van der Waals surface area contributed by atoms with Crippen LogP contribution in [-0.2, 0) is 0 Å². The molecule has 0 saturated carbocycles. The predicted octanol–water partition coefficient (Wildman–Crippen LogP) is 1.84. The number of nitrogens with zero attached hydrogens (tertiary/aromatic N) is 1. The number of amides is 1. The fourth-order valence-corrected chi connectivity index (χ4v) is 1.93. The van der Waals surface area contributed by atoms with Crippen molar-refractivity contribution in [2.24, 2.45) is 5.73 Å². The zero-order valence-corrected chi connectivity index (χ0v) is 13.0. The molecule has 6 heteroatoms. The van der Waals surface area contributed by atoms with Gasteiger partial charge in [-0.15, -0.1) is 0 Å². The molecule has 0 aromatic heterocycles. The average molecular weight is 296 g/mol. The highest BCUT2D eigenvalue weighted by atomic mass is 32.1. The van der Waals surface area contributed by atoms with Crippen LogP contribution in [0.5, 0.6) is 11.5 Å². The van der Waals surface area contributed by atoms with Crippen molar-refractivity contribution in [3.8, 4) is 11.5 Å². The maximum absolute atomic E-state index is 12.6. The SMILES string of the molecule is COc1ccc(OC)c(C(=O)N(CC(N)=S)C(C)C)c1. The quantitative estimate of drug-likeness (QED) is 0.812. The molecule has 0 aliphatic rings. The van der Waals surface area contributed by atoms with Crippen LogP contribution < -0.4 is 15.2 Å². The molecule has 0 spiro atoms. The third-order valence-electron chi connectivity index (χ3n) is 2.85. The monoisotopic (exact) mass is 296 g/mol. The fraction of sp³-hybridized carbons (Fsp3) is 0.429. The van der Waals surface area contributed by atoms with Gasteiger partial charge in [0.2, 0.25) is 0 Å². The van der Waals surface area contributed by atoms with Crippen LogP contribution in [0.4, 0.5) is 0 Å². The predicted molar refractivity (Wildman–Crippen MR) is 82.5 cm³/mol. The molecule has 0 radical (unpaired) electrons. The number of benzene rings is 1. The first-order valence-corrected chi connectivity index (χ1v) is 6.62. The Balaban J connectivity index is 3.19. The molecule has 1 aromatic rings. The van der Waals surface area contributed by atoms with E-state index in [-0.39, 0.29) is 23.5 Å². The van der Waals surface area contributed by atoms with Crippen LogP contribution in [0.25, 0.3) is 0 Å². The Labute approximate surface area is 124 Å². The van der Waals surface area contributed by atoms with E-state index in [1.165, 1.54) is 7.11 Å². The second kappa shape index (κ2) is 7.09. The third kappa shape index (κ3) is 3.84. The summed E-state index contributed by atoms with van der Waals surface area (Å²) in [5, 5.41) is 0. The van der Waals surface area contributed by atoms with Crippen LogP contribution >= 0.6 is 12.2 Å². The highest BCUT2D eigenvalue weighted by Gasteiger charge is 2.23. The Hall–Kier alpha value is -1.82. The number of ether oxygens (including phenoxy) is 2. The summed E-state index contributed by atoms with van der Waals surface area (Å²) >= 11 is 4.90. The van der Waals surface area contributed by atoms with E-state index in [1.54, 1.807) is 30.2 Å². The van der Waals surface area contributed by atoms with Crippen LogP contribution in [0.1, 0.15) is 24.2 Å². The molecule has 2 N–H and O–H groups in total. The zero-order chi connectivity index (χ0) is 15.3. The van der Waals surface area contributed by atoms with Gasteiger partial charge in [-0.1, -0.05) is 12.2 Å². The number of carbonyl (C=O) groups is 1. The minimum atomic E-state index is -0.191. The van der Waals surface area contributed by atoms with Gasteiger partial charge in [0.15, 0.2) is 0 Å². The first-order valence-electron chi connectivity index (χ1n) is 6.22. The Kier molecular flexibility index (Phi) is 5.76. The van der Waals surface area contributed by atoms with E-state index in [1.807, 2.05) is 13.8 Å². The molecule has 0 fully saturated rings. The van der Waals surface area contributed by atoms with E-state index in [0.29, 0.717) is 17.1 Å². The summed E-state index contributed by atoms with van der Waals surface area (Å²) in [7, 11) is 3.07. The Morgan fingerprint density at radius 3 is 2.45 bits per heavy atom. The first kappa shape index (κ1) is 16.2. The topological polar surface area (TPSA) is 64.8 Å². The Morgan fingerprint density at radius 1 is 1.35 bits per heavy atom. The van der Waals surface area contributed by atoms with E-state index in [0.717, 1.165) is 0 Å². The van der Waals surface area contributed by atoms with Crippen molar-refractivity contribution in [3.63, 3.8) is 0 Å². The molecule has 1 amide bonds. The second-order valence-electron chi connectivity index (χ2n) is 4.56. The molecular formula is C14H20N2O3S. The number of methoxy groups -OCH3 is 2. The van der Waals surface area contributed by atoms with E-state index in [2.05, 4.69) is 0 Å². The van der Waals surface area contributed by atoms with E-state index in [4.69, 9.17) is 27.4 Å². The molecule has 5 nitrogen and oxygen atoms in total. The number of hydrogen-bond acceptors (Lipinski definition) is 4. The minimum absolute atomic E-state index is 0.0279. The molecule has 20 heavy (non-hydrogen) atoms. The van der Waals surface area contributed by atoms with Crippen molar-refractivity contribution in [3.05, 3.63) is 23.8 Å². The summed E-state index contributed by atoms with van der Waals surface area (Å²) in [5.41, 5.74) is 5.98. The number of carbonyl (C=O) groups excluding carboxylic acids is 1. The summed E-state index contributed by atoms with van der Waals surface area (Å²) < 4.78 is 10.4. The van der Waals surface area contributed by atoms with Crippen molar-refractivity contribution in [2.75, 3.05) is 20.8 Å². The summed E-state index contributed by atoms with van der Waals surface area (Å²) in [5.74, 6) is 0.890. The van der Waals surface area contributed by atoms with Crippen molar-refractivity contribution >= 4 is 23.1 Å². The van der Waals surface area contributed by atoms with Gasteiger partial charge in [-0.2, -0.15) is 0 Å². The van der Waals surface area contributed by atoms with E-state index < -0.39 is 0 Å². The number of thiocarbonyl (C=S) groups is 1. The molecule has 1 aromatic carbocycles. The standard InChI is InChI=1S/C14H20N2O3S/c1-9(2)16(8-13(15)20)14(17)11-7-10(18-3)5-6-12(11)19-4/h5-7,9H,8H2,1-4H3,(H2,15,20). The average Bonchev–Trinajstić information content (AvgIpc) is 2.42. The van der Waals surface area contributed by atoms with E-state index >= 15 is 0 Å². The molecule has 0 aliphatic carbocycles. The van der Waals surface area contributed by atoms with Crippen LogP contribution in [-0.4, -0.2) is 42.6 Å². The number of hydrogen-bond donors (Lipinski definition) is 1. The summed E-state index contributed by atoms with van der Waals surface area (Å²) in [6.45, 7) is 4.04. The maximum atomic E-state index is 12.6. The number of nitrogens with two attached hydrogens (primary N) is 1. The van der Waals surface area contributed by atoms with E-state index in [9.17, 15) is 4.79 Å². The summed E-state index contributed by atoms with van der Waals surface area (Å²) in [4.78, 5) is 14.5. The molecule has 0 heterocycles. The van der Waals surface area contributed by atoms with Gasteiger partial charge in [0, 0.05) is 6.04 Å². The van der Waals surface area contributed by atoms with Gasteiger partial charge in [-0.3, -0.25) is 4.79 Å². The lowest BCUT2D eigenvalue weighted by molar-refractivity contribution is 0.0732. The molecule has 0 saturated heterocycles. The largest absolute Gasteiger partial charge is 0.497 e. The van der Waals surface area contributed by atoms with Crippen LogP contribution in [0.3, 0.4) is 0 Å². The van der Waals surface area contributed by atoms with Gasteiger partial charge in [0.1, 0.15) is 11.5 Å². The van der Waals surface area contributed by atoms with Gasteiger partial charge < -0.3 is 20.1 Å². The lowest BCUT2D eigenvalue weighted by atomic mass is 10.1. The summed E-state index contributed by atoms with van der Waals surface area (Å²) in [6.07, 6.45) is 0. The van der Waals surface area contributed by atoms with Gasteiger partial charge in [-0.25, -0.2) is 0 Å². The smallest absolute Gasteiger partial charge is 0.258 e. The molecule has 1 rings (SSSR count). The van der Waals surface area contributed by atoms with Gasteiger partial charge in [-0.05, 0) is 32.0 Å². The van der Waals surface area contributed by atoms with Crippen molar-refractivity contribution in [1.82, 2.24) is 4.90 Å². The maximum Gasteiger partial charge on any atom is 0.258 e.